The van der Waals surface area contributed by atoms with Crippen LogP contribution in [0.3, 0.4) is 0 Å². The highest BCUT2D eigenvalue weighted by Gasteiger charge is 2.20. The van der Waals surface area contributed by atoms with Gasteiger partial charge in [-0.25, -0.2) is 4.79 Å². The van der Waals surface area contributed by atoms with Gasteiger partial charge in [-0.1, -0.05) is 18.2 Å². The van der Waals surface area contributed by atoms with Crippen LogP contribution in [0.25, 0.3) is 0 Å². The van der Waals surface area contributed by atoms with E-state index in [-0.39, 0.29) is 0 Å². The van der Waals surface area contributed by atoms with Gasteiger partial charge in [-0.05, 0) is 51.1 Å². The monoisotopic (exact) mass is 285 g/mol. The highest BCUT2D eigenvalue weighted by atomic mass is 16.6. The summed E-state index contributed by atoms with van der Waals surface area (Å²) in [4.78, 5) is 12.1. The Balaban J connectivity index is 2.23. The molecule has 0 fully saturated rings. The molecule has 2 N–H and O–H groups in total. The van der Waals surface area contributed by atoms with Gasteiger partial charge in [-0.2, -0.15) is 0 Å². The molecule has 4 nitrogen and oxygen atoms in total. The molecule has 2 aromatic carbocycles. The van der Waals surface area contributed by atoms with E-state index < -0.39 is 11.6 Å². The summed E-state index contributed by atoms with van der Waals surface area (Å²) in [6.45, 7) is 5.43. The molecular weight excluding hydrogens is 266 g/mol. The highest BCUT2D eigenvalue weighted by Crippen LogP contribution is 2.26. The van der Waals surface area contributed by atoms with Gasteiger partial charge in [0.05, 0.1) is 5.56 Å². The molecule has 0 heterocycles. The molecule has 4 heteroatoms. The number of benzene rings is 2. The van der Waals surface area contributed by atoms with Crippen molar-refractivity contribution in [3.05, 3.63) is 54.1 Å². The molecule has 0 spiro atoms. The van der Waals surface area contributed by atoms with Crippen LogP contribution in [-0.2, 0) is 4.74 Å². The number of para-hydroxylation sites is 1. The maximum atomic E-state index is 12.1. The third-order valence-electron chi connectivity index (χ3n) is 2.62. The van der Waals surface area contributed by atoms with Gasteiger partial charge in [0.25, 0.3) is 0 Å². The number of nitrogen functional groups attached to an aromatic ring is 1. The Bertz CT molecular complexity index is 630. The maximum absolute atomic E-state index is 12.1. The minimum absolute atomic E-state index is 0.304. The van der Waals surface area contributed by atoms with Crippen LogP contribution in [0.5, 0.6) is 11.5 Å². The largest absolute Gasteiger partial charge is 0.457 e. The zero-order chi connectivity index (χ0) is 15.5. The summed E-state index contributed by atoms with van der Waals surface area (Å²) in [5.41, 5.74) is 5.95. The van der Waals surface area contributed by atoms with Crippen LogP contribution in [0.4, 0.5) is 5.69 Å². The second-order valence-electron chi connectivity index (χ2n) is 5.67. The number of hydrogen-bond donors (Lipinski definition) is 1. The first-order chi connectivity index (χ1) is 9.85. The Labute approximate surface area is 124 Å². The second kappa shape index (κ2) is 5.87. The molecule has 0 aliphatic rings. The second-order valence-corrected chi connectivity index (χ2v) is 5.67. The van der Waals surface area contributed by atoms with E-state index in [0.29, 0.717) is 22.7 Å². The van der Waals surface area contributed by atoms with Crippen molar-refractivity contribution in [3.63, 3.8) is 0 Å². The predicted octanol–water partition coefficient (Wildman–Crippen LogP) is 4.02. The number of hydrogen-bond acceptors (Lipinski definition) is 4. The maximum Gasteiger partial charge on any atom is 0.340 e. The zero-order valence-corrected chi connectivity index (χ0v) is 12.4. The molecule has 0 saturated heterocycles. The lowest BCUT2D eigenvalue weighted by molar-refractivity contribution is 0.00705. The summed E-state index contributed by atoms with van der Waals surface area (Å²) in [6, 6.07) is 14.3. The summed E-state index contributed by atoms with van der Waals surface area (Å²) < 4.78 is 11.0. The molecular formula is C17H19NO3. The van der Waals surface area contributed by atoms with Crippen LogP contribution in [0, 0.1) is 0 Å². The standard InChI is InChI=1S/C17H19NO3/c1-17(2,3)21-16(19)14-11-13(9-10-15(14)18)20-12-7-5-4-6-8-12/h4-11H,18H2,1-3H3. The lowest BCUT2D eigenvalue weighted by Crippen LogP contribution is -2.24. The van der Waals surface area contributed by atoms with E-state index in [9.17, 15) is 4.79 Å². The van der Waals surface area contributed by atoms with Crippen molar-refractivity contribution in [2.24, 2.45) is 0 Å². The number of anilines is 1. The van der Waals surface area contributed by atoms with Gasteiger partial charge in [0.2, 0.25) is 0 Å². The van der Waals surface area contributed by atoms with Crippen LogP contribution >= 0.6 is 0 Å². The number of carbonyl (C=O) groups excluding carboxylic acids is 1. The van der Waals surface area contributed by atoms with Crippen molar-refractivity contribution < 1.29 is 14.3 Å². The highest BCUT2D eigenvalue weighted by molar-refractivity contribution is 5.95. The quantitative estimate of drug-likeness (QED) is 0.683. The first-order valence-corrected chi connectivity index (χ1v) is 6.71. The van der Waals surface area contributed by atoms with Gasteiger partial charge in [0, 0.05) is 5.69 Å². The van der Waals surface area contributed by atoms with Crippen LogP contribution in [0.1, 0.15) is 31.1 Å². The van der Waals surface area contributed by atoms with Crippen LogP contribution in [0.15, 0.2) is 48.5 Å². The minimum atomic E-state index is -0.570. The molecule has 0 aliphatic heterocycles. The lowest BCUT2D eigenvalue weighted by atomic mass is 10.1. The van der Waals surface area contributed by atoms with Gasteiger partial charge in [-0.15, -0.1) is 0 Å². The Hall–Kier alpha value is -2.49. The molecule has 0 amide bonds. The topological polar surface area (TPSA) is 61.5 Å². The Morgan fingerprint density at radius 3 is 2.29 bits per heavy atom. The Morgan fingerprint density at radius 2 is 1.67 bits per heavy atom. The average Bonchev–Trinajstić information content (AvgIpc) is 2.40. The van der Waals surface area contributed by atoms with Crippen LogP contribution in [-0.4, -0.2) is 11.6 Å². The van der Waals surface area contributed by atoms with Gasteiger partial charge < -0.3 is 15.2 Å². The number of rotatable bonds is 3. The average molecular weight is 285 g/mol. The summed E-state index contributed by atoms with van der Waals surface area (Å²) in [5.74, 6) is 0.771. The lowest BCUT2D eigenvalue weighted by Gasteiger charge is -2.20. The van der Waals surface area contributed by atoms with Crippen molar-refractivity contribution in [2.75, 3.05) is 5.73 Å². The number of nitrogens with two attached hydrogens (primary N) is 1. The molecule has 2 aromatic rings. The summed E-state index contributed by atoms with van der Waals surface area (Å²) in [7, 11) is 0. The fraction of sp³-hybridized carbons (Fsp3) is 0.235. The van der Waals surface area contributed by atoms with Crippen molar-refractivity contribution in [3.8, 4) is 11.5 Å². The SMILES string of the molecule is CC(C)(C)OC(=O)c1cc(Oc2ccccc2)ccc1N. The molecule has 0 saturated carbocycles. The van der Waals surface area contributed by atoms with E-state index in [1.54, 1.807) is 18.2 Å². The molecule has 0 radical (unpaired) electrons. The first-order valence-electron chi connectivity index (χ1n) is 6.71. The smallest absolute Gasteiger partial charge is 0.340 e. The third-order valence-corrected chi connectivity index (χ3v) is 2.62. The molecule has 2 rings (SSSR count). The molecule has 110 valence electrons. The van der Waals surface area contributed by atoms with E-state index in [1.807, 2.05) is 51.1 Å². The summed E-state index contributed by atoms with van der Waals surface area (Å²) in [5, 5.41) is 0. The molecule has 0 bridgehead atoms. The van der Waals surface area contributed by atoms with Gasteiger partial charge in [0.1, 0.15) is 17.1 Å². The number of ether oxygens (including phenoxy) is 2. The molecule has 0 aliphatic carbocycles. The molecule has 0 atom stereocenters. The fourth-order valence-corrected chi connectivity index (χ4v) is 1.73. The van der Waals surface area contributed by atoms with E-state index in [0.717, 1.165) is 0 Å². The Kier molecular flexibility index (Phi) is 4.17. The molecule has 0 unspecified atom stereocenters. The van der Waals surface area contributed by atoms with E-state index >= 15 is 0 Å². The van der Waals surface area contributed by atoms with Crippen molar-refractivity contribution in [2.45, 2.75) is 26.4 Å². The third kappa shape index (κ3) is 4.24. The normalized spacial score (nSPS) is 11.0. The van der Waals surface area contributed by atoms with E-state index in [1.165, 1.54) is 0 Å². The van der Waals surface area contributed by atoms with Crippen molar-refractivity contribution >= 4 is 11.7 Å². The number of esters is 1. The minimum Gasteiger partial charge on any atom is -0.457 e. The predicted molar refractivity (Wildman–Crippen MR) is 82.5 cm³/mol. The van der Waals surface area contributed by atoms with E-state index in [2.05, 4.69) is 0 Å². The van der Waals surface area contributed by atoms with Crippen molar-refractivity contribution in [1.82, 2.24) is 0 Å². The zero-order valence-electron chi connectivity index (χ0n) is 12.4. The van der Waals surface area contributed by atoms with Crippen LogP contribution < -0.4 is 10.5 Å². The van der Waals surface area contributed by atoms with E-state index in [4.69, 9.17) is 15.2 Å². The van der Waals surface area contributed by atoms with Gasteiger partial charge in [-0.3, -0.25) is 0 Å². The van der Waals surface area contributed by atoms with Gasteiger partial charge in [0.15, 0.2) is 0 Å². The van der Waals surface area contributed by atoms with Crippen molar-refractivity contribution in [1.29, 1.82) is 0 Å². The van der Waals surface area contributed by atoms with Gasteiger partial charge >= 0.3 is 5.97 Å². The van der Waals surface area contributed by atoms with Crippen LogP contribution in [0.2, 0.25) is 0 Å². The summed E-state index contributed by atoms with van der Waals surface area (Å²) in [6.07, 6.45) is 0. The number of carbonyl (C=O) groups is 1. The Morgan fingerprint density at radius 1 is 1.00 bits per heavy atom. The molecule has 0 aromatic heterocycles. The molecule has 21 heavy (non-hydrogen) atoms. The first kappa shape index (κ1) is 14.9. The fourth-order valence-electron chi connectivity index (χ4n) is 1.73. The summed E-state index contributed by atoms with van der Waals surface area (Å²) >= 11 is 0.